The van der Waals surface area contributed by atoms with Crippen LogP contribution in [-0.2, 0) is 0 Å². The Morgan fingerprint density at radius 2 is 1.72 bits per heavy atom. The van der Waals surface area contributed by atoms with Crippen molar-refractivity contribution in [1.82, 2.24) is 10.3 Å². The molecule has 25 heavy (non-hydrogen) atoms. The molecule has 1 heterocycles. The molecule has 3 aromatic rings. The second-order valence-corrected chi connectivity index (χ2v) is 6.44. The molecule has 0 fully saturated rings. The number of benzene rings is 2. The average Bonchev–Trinajstić information content (AvgIpc) is 2.88. The van der Waals surface area contributed by atoms with Gasteiger partial charge in [0.1, 0.15) is 5.69 Å². The van der Waals surface area contributed by atoms with Crippen molar-refractivity contribution in [2.45, 2.75) is 33.7 Å². The maximum Gasteiger partial charge on any atom is 0.268 e. The molecule has 0 saturated heterocycles. The molecule has 0 aliphatic heterocycles. The number of carbonyl (C=O) groups is 2. The summed E-state index contributed by atoms with van der Waals surface area (Å²) in [6, 6.07) is 14.1. The molecular weight excluding hydrogens is 312 g/mol. The number of H-pyrrole nitrogens is 1. The Hall–Kier alpha value is -2.88. The van der Waals surface area contributed by atoms with Gasteiger partial charge in [0.15, 0.2) is 5.78 Å². The van der Waals surface area contributed by atoms with Gasteiger partial charge in [0.2, 0.25) is 0 Å². The van der Waals surface area contributed by atoms with Crippen LogP contribution in [0.2, 0.25) is 0 Å². The molecule has 0 spiro atoms. The monoisotopic (exact) mass is 334 g/mol. The molecule has 0 unspecified atom stereocenters. The summed E-state index contributed by atoms with van der Waals surface area (Å²) in [7, 11) is 0. The highest BCUT2D eigenvalue weighted by Crippen LogP contribution is 2.25. The zero-order chi connectivity index (χ0) is 18.1. The summed E-state index contributed by atoms with van der Waals surface area (Å²) in [5.74, 6) is -0.235. The van der Waals surface area contributed by atoms with E-state index in [9.17, 15) is 9.59 Å². The molecule has 128 valence electrons. The Balaban J connectivity index is 1.91. The van der Waals surface area contributed by atoms with Gasteiger partial charge in [-0.15, -0.1) is 0 Å². The Morgan fingerprint density at radius 1 is 1.04 bits per heavy atom. The number of hydrogen-bond donors (Lipinski definition) is 2. The van der Waals surface area contributed by atoms with Gasteiger partial charge in [-0.2, -0.15) is 0 Å². The van der Waals surface area contributed by atoms with E-state index in [1.807, 2.05) is 38.1 Å². The van der Waals surface area contributed by atoms with E-state index in [-0.39, 0.29) is 17.7 Å². The quantitative estimate of drug-likeness (QED) is 0.691. The van der Waals surface area contributed by atoms with Crippen LogP contribution in [-0.4, -0.2) is 16.7 Å². The van der Waals surface area contributed by atoms with Crippen molar-refractivity contribution in [3.05, 3.63) is 70.5 Å². The van der Waals surface area contributed by atoms with Crippen LogP contribution < -0.4 is 5.32 Å². The lowest BCUT2D eigenvalue weighted by molar-refractivity contribution is 0.0934. The van der Waals surface area contributed by atoms with E-state index in [4.69, 9.17) is 0 Å². The van der Waals surface area contributed by atoms with Gasteiger partial charge in [-0.3, -0.25) is 9.59 Å². The van der Waals surface area contributed by atoms with Crippen molar-refractivity contribution in [3.8, 4) is 0 Å². The lowest BCUT2D eigenvalue weighted by atomic mass is 9.99. The minimum atomic E-state index is -0.200. The van der Waals surface area contributed by atoms with E-state index < -0.39 is 0 Å². The Morgan fingerprint density at radius 3 is 2.40 bits per heavy atom. The molecule has 0 aliphatic carbocycles. The van der Waals surface area contributed by atoms with E-state index in [1.54, 1.807) is 6.92 Å². The molecule has 0 radical (unpaired) electrons. The Bertz CT molecular complexity index is 964. The van der Waals surface area contributed by atoms with Crippen molar-refractivity contribution in [2.75, 3.05) is 0 Å². The van der Waals surface area contributed by atoms with Gasteiger partial charge in [-0.25, -0.2) is 0 Å². The minimum absolute atomic E-state index is 0.0348. The van der Waals surface area contributed by atoms with Crippen LogP contribution in [0.1, 0.15) is 57.6 Å². The topological polar surface area (TPSA) is 62.0 Å². The summed E-state index contributed by atoms with van der Waals surface area (Å²) in [5, 5.41) is 5.32. The normalized spacial score (nSPS) is 12.2. The number of nitrogens with one attached hydrogen (secondary N) is 2. The number of rotatable bonds is 4. The molecule has 2 N–H and O–H groups in total. The van der Waals surface area contributed by atoms with E-state index >= 15 is 0 Å². The summed E-state index contributed by atoms with van der Waals surface area (Å²) < 4.78 is 0. The van der Waals surface area contributed by atoms with Crippen molar-refractivity contribution in [1.29, 1.82) is 0 Å². The fourth-order valence-electron chi connectivity index (χ4n) is 3.48. The maximum absolute atomic E-state index is 12.7. The van der Waals surface area contributed by atoms with E-state index in [1.165, 1.54) is 6.92 Å². The van der Waals surface area contributed by atoms with Gasteiger partial charge < -0.3 is 10.3 Å². The maximum atomic E-state index is 12.7. The summed E-state index contributed by atoms with van der Waals surface area (Å²) in [6.45, 7) is 7.10. The lowest BCUT2D eigenvalue weighted by Crippen LogP contribution is -2.27. The number of aryl methyl sites for hydroxylation is 1. The molecule has 1 amide bonds. The number of aromatic amines is 1. The van der Waals surface area contributed by atoms with Crippen LogP contribution in [0.4, 0.5) is 0 Å². The summed E-state index contributed by atoms with van der Waals surface area (Å²) >= 11 is 0. The predicted molar refractivity (Wildman–Crippen MR) is 100 cm³/mol. The number of Topliss-reactive ketones (excluding diaryl/α,β-unsaturated/α-hetero) is 1. The second kappa shape index (κ2) is 6.55. The summed E-state index contributed by atoms with van der Waals surface area (Å²) in [4.78, 5) is 27.5. The first kappa shape index (κ1) is 17.0. The molecule has 1 aromatic heterocycles. The lowest BCUT2D eigenvalue weighted by Gasteiger charge is -2.16. The molecular formula is C21H22N2O2. The van der Waals surface area contributed by atoms with Gasteiger partial charge in [0.05, 0.1) is 6.04 Å². The number of carbonyl (C=O) groups excluding carboxylic acids is 2. The third-order valence-electron chi connectivity index (χ3n) is 4.65. The number of fused-ring (bicyclic) bond motifs is 1. The first-order chi connectivity index (χ1) is 11.9. The van der Waals surface area contributed by atoms with Crippen molar-refractivity contribution in [3.63, 3.8) is 0 Å². The van der Waals surface area contributed by atoms with Gasteiger partial charge in [-0.05, 0) is 49.6 Å². The molecule has 4 nitrogen and oxygen atoms in total. The molecule has 0 aliphatic rings. The molecule has 1 atom stereocenters. The third-order valence-corrected chi connectivity index (χ3v) is 4.65. The number of aromatic nitrogens is 1. The fraction of sp³-hybridized carbons (Fsp3) is 0.238. The zero-order valence-corrected chi connectivity index (χ0v) is 14.9. The fourth-order valence-corrected chi connectivity index (χ4v) is 3.48. The number of hydrogen-bond acceptors (Lipinski definition) is 2. The average molecular weight is 334 g/mol. The minimum Gasteiger partial charge on any atom is -0.354 e. The molecule has 0 bridgehead atoms. The smallest absolute Gasteiger partial charge is 0.268 e. The second-order valence-electron chi connectivity index (χ2n) is 6.44. The van der Waals surface area contributed by atoms with Crippen molar-refractivity contribution in [2.24, 2.45) is 0 Å². The predicted octanol–water partition coefficient (Wildman–Crippen LogP) is 4.48. The highest BCUT2D eigenvalue weighted by Gasteiger charge is 2.21. The highest BCUT2D eigenvalue weighted by atomic mass is 16.2. The zero-order valence-electron chi connectivity index (χ0n) is 14.9. The van der Waals surface area contributed by atoms with Crippen molar-refractivity contribution >= 4 is 22.5 Å². The van der Waals surface area contributed by atoms with Crippen molar-refractivity contribution < 1.29 is 9.59 Å². The number of amides is 1. The highest BCUT2D eigenvalue weighted by molar-refractivity contribution is 6.02. The molecule has 0 saturated carbocycles. The Labute approximate surface area is 147 Å². The standard InChI is InChI=1S/C21H22N2O2/c1-12-19(15(4)24)14(3)22-20(12)21(25)23-13(2)17-11-7-9-16-8-5-6-10-18(16)17/h5-11,13,22H,1-4H3,(H,23,25)/t13-/m1/s1. The van der Waals surface area contributed by atoms with Crippen LogP contribution in [0.5, 0.6) is 0 Å². The van der Waals surface area contributed by atoms with Gasteiger partial charge in [0.25, 0.3) is 5.91 Å². The van der Waals surface area contributed by atoms with E-state index in [0.29, 0.717) is 16.8 Å². The van der Waals surface area contributed by atoms with Gasteiger partial charge in [-0.1, -0.05) is 42.5 Å². The number of ketones is 1. The van der Waals surface area contributed by atoms with E-state index in [0.717, 1.165) is 22.0 Å². The third kappa shape index (κ3) is 3.07. The SMILES string of the molecule is CC(=O)c1c(C)[nH]c(C(=O)N[C@H](C)c2cccc3ccccc23)c1C. The van der Waals surface area contributed by atoms with Gasteiger partial charge in [0, 0.05) is 11.3 Å². The molecule has 4 heteroatoms. The molecule has 3 rings (SSSR count). The van der Waals surface area contributed by atoms with Crippen LogP contribution in [0, 0.1) is 13.8 Å². The van der Waals surface area contributed by atoms with Crippen LogP contribution in [0.15, 0.2) is 42.5 Å². The summed E-state index contributed by atoms with van der Waals surface area (Å²) in [5.41, 5.74) is 3.55. The van der Waals surface area contributed by atoms with Crippen LogP contribution in [0.3, 0.4) is 0 Å². The first-order valence-corrected chi connectivity index (χ1v) is 8.38. The van der Waals surface area contributed by atoms with Gasteiger partial charge >= 0.3 is 0 Å². The van der Waals surface area contributed by atoms with Crippen LogP contribution in [0.25, 0.3) is 10.8 Å². The van der Waals surface area contributed by atoms with E-state index in [2.05, 4.69) is 28.5 Å². The first-order valence-electron chi connectivity index (χ1n) is 8.38. The largest absolute Gasteiger partial charge is 0.354 e. The summed E-state index contributed by atoms with van der Waals surface area (Å²) in [6.07, 6.45) is 0. The Kier molecular flexibility index (Phi) is 4.45. The van der Waals surface area contributed by atoms with Crippen LogP contribution >= 0.6 is 0 Å². The molecule has 2 aromatic carbocycles.